The molecule has 3 N–H and O–H groups in total. The number of hydrogen-bond acceptors (Lipinski definition) is 13. The van der Waals surface area contributed by atoms with Crippen LogP contribution in [-0.4, -0.2) is 102 Å². The zero-order valence-electron chi connectivity index (χ0n) is 36.6. The van der Waals surface area contributed by atoms with Gasteiger partial charge in [-0.2, -0.15) is 0 Å². The first-order chi connectivity index (χ1) is 30.6. The number of hydrogen-bond donors (Lipinski definition) is 3. The predicted octanol–water partition coefficient (Wildman–Crippen LogP) is 5.69. The molecule has 14 heteroatoms. The minimum Gasteiger partial charge on any atom is -0.489 e. The van der Waals surface area contributed by atoms with Gasteiger partial charge in [-0.05, 0) is 61.2 Å². The third kappa shape index (κ3) is 8.79. The number of aliphatic hydroxyl groups is 2. The summed E-state index contributed by atoms with van der Waals surface area (Å²) in [7, 11) is 0. The molecular formula is C50H55NO13. The number of allylic oxidation sites excluding steroid dienone is 1. The van der Waals surface area contributed by atoms with Gasteiger partial charge in [0.15, 0.2) is 17.5 Å². The molecule has 0 saturated carbocycles. The van der Waals surface area contributed by atoms with Gasteiger partial charge in [-0.25, -0.2) is 9.59 Å². The van der Waals surface area contributed by atoms with Crippen molar-refractivity contribution in [2.45, 2.75) is 95.5 Å². The second-order valence-corrected chi connectivity index (χ2v) is 17.2. The summed E-state index contributed by atoms with van der Waals surface area (Å²) in [4.78, 5) is 70.8. The fraction of sp³-hybridized carbons (Fsp3) is 0.420. The molecular weight excluding hydrogens is 823 g/mol. The summed E-state index contributed by atoms with van der Waals surface area (Å²) in [6.45, 7) is 8.08. The molecule has 2 aliphatic carbocycles. The van der Waals surface area contributed by atoms with E-state index < -0.39 is 89.0 Å². The lowest BCUT2D eigenvalue weighted by Crippen LogP contribution is -2.73. The van der Waals surface area contributed by atoms with Crippen LogP contribution in [0.25, 0.3) is 0 Å². The van der Waals surface area contributed by atoms with Gasteiger partial charge in [0.2, 0.25) is 5.78 Å². The lowest BCUT2D eigenvalue weighted by molar-refractivity contribution is -0.296. The van der Waals surface area contributed by atoms with Gasteiger partial charge in [0, 0.05) is 42.9 Å². The van der Waals surface area contributed by atoms with Crippen LogP contribution in [0.3, 0.4) is 0 Å². The Morgan fingerprint density at radius 3 is 2.11 bits per heavy atom. The first kappa shape index (κ1) is 46.1. The smallest absolute Gasteiger partial charge is 0.338 e. The molecule has 1 saturated heterocycles. The van der Waals surface area contributed by atoms with Gasteiger partial charge in [0.05, 0.1) is 37.3 Å². The van der Waals surface area contributed by atoms with Gasteiger partial charge in [0.1, 0.15) is 23.9 Å². The van der Waals surface area contributed by atoms with Gasteiger partial charge in [-0.3, -0.25) is 14.4 Å². The van der Waals surface area contributed by atoms with E-state index >= 15 is 4.79 Å². The zero-order chi connectivity index (χ0) is 45.8. The second-order valence-electron chi connectivity index (χ2n) is 17.2. The number of carbonyl (C=O) groups excluding carboxylic acids is 5. The average Bonchev–Trinajstić information content (AvgIpc) is 3.27. The van der Waals surface area contributed by atoms with Gasteiger partial charge in [-0.15, -0.1) is 0 Å². The highest BCUT2D eigenvalue weighted by Crippen LogP contribution is 2.58. The largest absolute Gasteiger partial charge is 0.489 e. The molecule has 14 nitrogen and oxygen atoms in total. The Morgan fingerprint density at radius 1 is 0.844 bits per heavy atom. The lowest BCUT2D eigenvalue weighted by Gasteiger charge is -2.60. The Labute approximate surface area is 372 Å². The Morgan fingerprint density at radius 2 is 1.48 bits per heavy atom. The molecule has 3 aromatic carbocycles. The van der Waals surface area contributed by atoms with Crippen molar-refractivity contribution in [3.63, 3.8) is 0 Å². The Bertz CT molecular complexity index is 2320. The molecule has 3 aromatic rings. The number of nitrogens with one attached hydrogen (secondary N) is 1. The maximum absolute atomic E-state index is 15.4. The number of fused-ring (bicyclic) bond motifs is 5. The van der Waals surface area contributed by atoms with Crippen molar-refractivity contribution >= 4 is 29.6 Å². The van der Waals surface area contributed by atoms with Crippen LogP contribution < -0.4 is 5.32 Å². The van der Waals surface area contributed by atoms with Crippen molar-refractivity contribution in [1.29, 1.82) is 0 Å². The number of esters is 3. The summed E-state index contributed by atoms with van der Waals surface area (Å²) in [5, 5.41) is 28.3. The van der Waals surface area contributed by atoms with Crippen LogP contribution in [0.15, 0.2) is 126 Å². The first-order valence-electron chi connectivity index (χ1n) is 21.5. The number of ether oxygens (including phenoxy) is 6. The van der Waals surface area contributed by atoms with Gasteiger partial charge < -0.3 is 44.0 Å². The molecule has 0 aromatic heterocycles. The molecule has 8 atom stereocenters. The van der Waals surface area contributed by atoms with E-state index in [1.807, 2.05) is 12.2 Å². The fourth-order valence-electron chi connectivity index (χ4n) is 9.62. The first-order valence-corrected chi connectivity index (χ1v) is 21.5. The monoisotopic (exact) mass is 877 g/mol. The van der Waals surface area contributed by atoms with Crippen LogP contribution in [0.4, 0.5) is 0 Å². The van der Waals surface area contributed by atoms with E-state index in [1.165, 1.54) is 6.92 Å². The lowest BCUT2D eigenvalue weighted by atomic mass is 9.53. The summed E-state index contributed by atoms with van der Waals surface area (Å²) in [6, 6.07) is 23.6. The standard InChI is InChI=1S/C50H55NO13/c1-30-36(62-47(57)42(54)40(33-18-10-6-11-19-33)51-45(55)34-20-12-7-13-21-34)28-50(58)44(63-46(56)35-22-14-8-15-23-35)39-31(2)43(41(53)38(30)48(50,4)5)60-26-17-9-16-25-59-27-24-37-49(39,29-61-37)64-32(3)52/h6-16,18-23,36-37,39-40,42,44,54,58H,17,24-29H2,1-5H3,(H,51,55)/b16-9+,43-31+/t36-,37+,39+,40-,42+,44-,49-,50+/m0/s1. The molecule has 4 aliphatic rings. The summed E-state index contributed by atoms with van der Waals surface area (Å²) in [5.74, 6) is -5.25. The van der Waals surface area contributed by atoms with Crippen LogP contribution in [0.5, 0.6) is 0 Å². The number of carbonyl (C=O) groups is 5. The number of Topliss-reactive ketones (excluding diaryl/α,β-unsaturated/α-hetero) is 1. The molecule has 1 amide bonds. The maximum atomic E-state index is 15.4. The minimum atomic E-state index is -2.27. The fourth-order valence-corrected chi connectivity index (χ4v) is 9.62. The molecule has 0 unspecified atom stereocenters. The molecule has 0 radical (unpaired) electrons. The topological polar surface area (TPSA) is 193 Å². The van der Waals surface area contributed by atoms with E-state index in [1.54, 1.807) is 119 Å². The SMILES string of the molecule is CC(=O)O[C@@]12CO[C@@H]1CCOC/C=C/CCO/C1=C(\C)[C@@H]2[C@H](OC(=O)c2ccccc2)[C@]2(O)C[C@H](OC(=O)[C@H](O)[C@@H](NC(=O)c3ccccc3)c3ccccc3)C(C)=C(C1=O)C2(C)C. The molecule has 7 rings (SSSR count). The van der Waals surface area contributed by atoms with E-state index in [0.717, 1.165) is 0 Å². The number of aliphatic hydroxyl groups excluding tert-OH is 1. The molecule has 64 heavy (non-hydrogen) atoms. The van der Waals surface area contributed by atoms with E-state index in [0.29, 0.717) is 17.5 Å². The zero-order valence-corrected chi connectivity index (χ0v) is 36.6. The van der Waals surface area contributed by atoms with Crippen molar-refractivity contribution in [3.8, 4) is 0 Å². The van der Waals surface area contributed by atoms with Crippen LogP contribution in [0, 0.1) is 11.3 Å². The highest BCUT2D eigenvalue weighted by atomic mass is 16.6. The van der Waals surface area contributed by atoms with Crippen LogP contribution in [-0.2, 0) is 42.8 Å². The highest BCUT2D eigenvalue weighted by Gasteiger charge is 2.70. The maximum Gasteiger partial charge on any atom is 0.338 e. The Kier molecular flexibility index (Phi) is 13.7. The van der Waals surface area contributed by atoms with E-state index in [4.69, 9.17) is 28.4 Å². The van der Waals surface area contributed by atoms with Crippen molar-refractivity contribution in [2.75, 3.05) is 26.4 Å². The quantitative estimate of drug-likeness (QED) is 0.135. The van der Waals surface area contributed by atoms with Crippen molar-refractivity contribution in [2.24, 2.45) is 11.3 Å². The summed E-state index contributed by atoms with van der Waals surface area (Å²) >= 11 is 0. The Balaban J connectivity index is 1.38. The van der Waals surface area contributed by atoms with Crippen molar-refractivity contribution < 1.29 is 62.6 Å². The summed E-state index contributed by atoms with van der Waals surface area (Å²) < 4.78 is 37.3. The minimum absolute atomic E-state index is 0.0343. The van der Waals surface area contributed by atoms with Crippen LogP contribution >= 0.6 is 0 Å². The summed E-state index contributed by atoms with van der Waals surface area (Å²) in [5.41, 5.74) is -4.08. The van der Waals surface area contributed by atoms with Gasteiger partial charge >= 0.3 is 17.9 Å². The molecule has 2 heterocycles. The molecule has 0 spiro atoms. The predicted molar refractivity (Wildman–Crippen MR) is 231 cm³/mol. The van der Waals surface area contributed by atoms with E-state index in [2.05, 4.69) is 5.32 Å². The van der Waals surface area contributed by atoms with Gasteiger partial charge in [-0.1, -0.05) is 92.7 Å². The van der Waals surface area contributed by atoms with Crippen molar-refractivity contribution in [1.82, 2.24) is 5.32 Å². The molecule has 2 aliphatic heterocycles. The van der Waals surface area contributed by atoms with Crippen LogP contribution in [0.2, 0.25) is 0 Å². The molecule has 4 bridgehead atoms. The Hall–Kier alpha value is -5.93. The summed E-state index contributed by atoms with van der Waals surface area (Å²) in [6.07, 6.45) is -2.01. The molecule has 338 valence electrons. The molecule has 1 fully saturated rings. The number of benzene rings is 3. The van der Waals surface area contributed by atoms with Crippen LogP contribution in [0.1, 0.15) is 86.2 Å². The van der Waals surface area contributed by atoms with E-state index in [9.17, 15) is 29.4 Å². The average molecular weight is 878 g/mol. The second kappa shape index (κ2) is 19.0. The number of amides is 1. The normalized spacial score (nSPS) is 29.3. The third-order valence-corrected chi connectivity index (χ3v) is 13.0. The van der Waals surface area contributed by atoms with Crippen molar-refractivity contribution in [3.05, 3.63) is 142 Å². The highest BCUT2D eigenvalue weighted by molar-refractivity contribution is 6.09. The number of rotatable bonds is 9. The van der Waals surface area contributed by atoms with Gasteiger partial charge in [0.25, 0.3) is 5.91 Å². The third-order valence-electron chi connectivity index (χ3n) is 13.0. The number of ketones is 1. The van der Waals surface area contributed by atoms with E-state index in [-0.39, 0.29) is 60.9 Å².